The third kappa shape index (κ3) is 3.17. The molecule has 1 saturated heterocycles. The Morgan fingerprint density at radius 1 is 1.18 bits per heavy atom. The molecule has 4 heteroatoms. The first-order chi connectivity index (χ1) is 10.8. The molecule has 0 spiro atoms. The van der Waals surface area contributed by atoms with Crippen LogP contribution in [0.5, 0.6) is 0 Å². The van der Waals surface area contributed by atoms with Crippen LogP contribution in [0.25, 0.3) is 10.8 Å². The summed E-state index contributed by atoms with van der Waals surface area (Å²) in [7, 11) is 0. The van der Waals surface area contributed by atoms with Gasteiger partial charge in [0.2, 0.25) is 5.91 Å². The number of hydrogen-bond donors (Lipinski definition) is 3. The van der Waals surface area contributed by atoms with Gasteiger partial charge in [-0.3, -0.25) is 4.79 Å². The van der Waals surface area contributed by atoms with Crippen LogP contribution in [-0.2, 0) is 11.2 Å². The highest BCUT2D eigenvalue weighted by atomic mass is 16.1. The minimum absolute atomic E-state index is 0.0830. The maximum absolute atomic E-state index is 12.3. The van der Waals surface area contributed by atoms with E-state index in [1.54, 1.807) is 0 Å². The van der Waals surface area contributed by atoms with Crippen LogP contribution in [0.15, 0.2) is 36.4 Å². The second kappa shape index (κ2) is 6.71. The number of hydrogen-bond acceptors (Lipinski definition) is 3. The summed E-state index contributed by atoms with van der Waals surface area (Å²) in [6.45, 7) is 1.95. The average molecular weight is 295 g/mol. The van der Waals surface area contributed by atoms with E-state index in [1.165, 1.54) is 6.21 Å². The van der Waals surface area contributed by atoms with Gasteiger partial charge in [-0.25, -0.2) is 0 Å². The normalized spacial score (nSPS) is 15.6. The van der Waals surface area contributed by atoms with Crippen LogP contribution in [0.3, 0.4) is 0 Å². The molecule has 1 fully saturated rings. The van der Waals surface area contributed by atoms with E-state index in [4.69, 9.17) is 5.41 Å². The minimum atomic E-state index is 0.0830. The molecule has 4 nitrogen and oxygen atoms in total. The number of nitrogens with one attached hydrogen (secondary N) is 3. The van der Waals surface area contributed by atoms with Gasteiger partial charge < -0.3 is 16.0 Å². The summed E-state index contributed by atoms with van der Waals surface area (Å²) in [5.41, 5.74) is 1.91. The van der Waals surface area contributed by atoms with Crippen molar-refractivity contribution in [2.45, 2.75) is 25.3 Å². The summed E-state index contributed by atoms with van der Waals surface area (Å²) < 4.78 is 0. The number of piperidine rings is 1. The molecule has 2 aromatic rings. The van der Waals surface area contributed by atoms with Crippen molar-refractivity contribution < 1.29 is 4.79 Å². The molecule has 1 heterocycles. The highest BCUT2D eigenvalue weighted by molar-refractivity contribution is 6.01. The Balaban J connectivity index is 1.78. The number of rotatable bonds is 4. The molecule has 1 aliphatic rings. The van der Waals surface area contributed by atoms with Crippen molar-refractivity contribution in [3.05, 3.63) is 47.5 Å². The van der Waals surface area contributed by atoms with E-state index in [0.29, 0.717) is 12.5 Å². The molecule has 2 aromatic carbocycles. The first-order valence-corrected chi connectivity index (χ1v) is 7.79. The second-order valence-electron chi connectivity index (χ2n) is 5.77. The van der Waals surface area contributed by atoms with Gasteiger partial charge in [-0.15, -0.1) is 0 Å². The zero-order chi connectivity index (χ0) is 15.4. The predicted octanol–water partition coefficient (Wildman–Crippen LogP) is 2.25. The van der Waals surface area contributed by atoms with Gasteiger partial charge in [-0.05, 0) is 47.8 Å². The van der Waals surface area contributed by atoms with Crippen molar-refractivity contribution >= 4 is 22.9 Å². The fourth-order valence-electron chi connectivity index (χ4n) is 3.08. The summed E-state index contributed by atoms with van der Waals surface area (Å²) in [6, 6.07) is 12.1. The Hall–Kier alpha value is -2.20. The van der Waals surface area contributed by atoms with Gasteiger partial charge in [-0.1, -0.05) is 36.4 Å². The van der Waals surface area contributed by atoms with E-state index in [9.17, 15) is 4.79 Å². The zero-order valence-corrected chi connectivity index (χ0v) is 12.6. The Labute approximate surface area is 130 Å². The molecule has 3 rings (SSSR count). The lowest BCUT2D eigenvalue weighted by Crippen LogP contribution is -2.43. The number of fused-ring (bicyclic) bond motifs is 1. The molecule has 22 heavy (non-hydrogen) atoms. The van der Waals surface area contributed by atoms with Gasteiger partial charge in [0.1, 0.15) is 0 Å². The fraction of sp³-hybridized carbons (Fsp3) is 0.333. The van der Waals surface area contributed by atoms with Gasteiger partial charge >= 0.3 is 0 Å². The van der Waals surface area contributed by atoms with E-state index in [1.807, 2.05) is 36.4 Å². The zero-order valence-electron chi connectivity index (χ0n) is 12.6. The molecular formula is C18H21N3O. The third-order valence-corrected chi connectivity index (χ3v) is 4.26. The predicted molar refractivity (Wildman–Crippen MR) is 89.6 cm³/mol. The minimum Gasteiger partial charge on any atom is -0.353 e. The van der Waals surface area contributed by atoms with E-state index < -0.39 is 0 Å². The lowest BCUT2D eigenvalue weighted by molar-refractivity contribution is -0.121. The Kier molecular flexibility index (Phi) is 4.49. The summed E-state index contributed by atoms with van der Waals surface area (Å²) in [5.74, 6) is 0.0830. The molecule has 0 aliphatic carbocycles. The quantitative estimate of drug-likeness (QED) is 0.757. The van der Waals surface area contributed by atoms with Crippen LogP contribution in [0.1, 0.15) is 24.0 Å². The lowest BCUT2D eigenvalue weighted by atomic mass is 9.97. The molecule has 114 valence electrons. The molecular weight excluding hydrogens is 274 g/mol. The summed E-state index contributed by atoms with van der Waals surface area (Å²) in [4.78, 5) is 12.3. The van der Waals surface area contributed by atoms with Crippen LogP contribution in [0.2, 0.25) is 0 Å². The standard InChI is InChI=1S/C18H21N3O/c19-12-14-6-5-13(16-3-1-2-4-17(14)16)11-18(22)21-15-7-9-20-10-8-15/h1-6,12,15,19-20H,7-11H2,(H,21,22). The van der Waals surface area contributed by atoms with Crippen LogP contribution < -0.4 is 10.6 Å². The monoisotopic (exact) mass is 295 g/mol. The number of carbonyl (C=O) groups is 1. The molecule has 1 amide bonds. The highest BCUT2D eigenvalue weighted by Crippen LogP contribution is 2.22. The van der Waals surface area contributed by atoms with Gasteiger partial charge in [0.25, 0.3) is 0 Å². The molecule has 3 N–H and O–H groups in total. The second-order valence-corrected chi connectivity index (χ2v) is 5.77. The van der Waals surface area contributed by atoms with Crippen molar-refractivity contribution in [1.29, 1.82) is 5.41 Å². The first-order valence-electron chi connectivity index (χ1n) is 7.79. The van der Waals surface area contributed by atoms with Crippen molar-refractivity contribution in [3.63, 3.8) is 0 Å². The van der Waals surface area contributed by atoms with E-state index in [-0.39, 0.29) is 5.91 Å². The topological polar surface area (TPSA) is 65.0 Å². The third-order valence-electron chi connectivity index (χ3n) is 4.26. The Bertz CT molecular complexity index is 690. The molecule has 1 aliphatic heterocycles. The molecule has 0 radical (unpaired) electrons. The van der Waals surface area contributed by atoms with Crippen LogP contribution in [0.4, 0.5) is 0 Å². The van der Waals surface area contributed by atoms with E-state index >= 15 is 0 Å². The molecule has 0 aromatic heterocycles. The number of benzene rings is 2. The van der Waals surface area contributed by atoms with Gasteiger partial charge in [0.15, 0.2) is 0 Å². The Morgan fingerprint density at radius 3 is 2.64 bits per heavy atom. The first kappa shape index (κ1) is 14.7. The fourth-order valence-corrected chi connectivity index (χ4v) is 3.08. The summed E-state index contributed by atoms with van der Waals surface area (Å²) in [6.07, 6.45) is 3.75. The van der Waals surface area contributed by atoms with Crippen LogP contribution in [-0.4, -0.2) is 31.3 Å². The van der Waals surface area contributed by atoms with Gasteiger partial charge in [0, 0.05) is 12.3 Å². The maximum atomic E-state index is 12.3. The molecule has 0 unspecified atom stereocenters. The van der Waals surface area contributed by atoms with E-state index in [2.05, 4.69) is 10.6 Å². The van der Waals surface area contributed by atoms with Crippen molar-refractivity contribution in [2.24, 2.45) is 0 Å². The molecule has 0 bridgehead atoms. The molecule has 0 saturated carbocycles. The summed E-state index contributed by atoms with van der Waals surface area (Å²) in [5, 5.41) is 16.0. The van der Waals surface area contributed by atoms with Crippen LogP contribution in [0, 0.1) is 5.41 Å². The van der Waals surface area contributed by atoms with Crippen molar-refractivity contribution in [3.8, 4) is 0 Å². The average Bonchev–Trinajstić information content (AvgIpc) is 2.56. The van der Waals surface area contributed by atoms with Gasteiger partial charge in [-0.2, -0.15) is 0 Å². The van der Waals surface area contributed by atoms with Crippen LogP contribution >= 0.6 is 0 Å². The number of carbonyl (C=O) groups excluding carboxylic acids is 1. The number of amides is 1. The maximum Gasteiger partial charge on any atom is 0.224 e. The highest BCUT2D eigenvalue weighted by Gasteiger charge is 2.16. The largest absolute Gasteiger partial charge is 0.353 e. The smallest absolute Gasteiger partial charge is 0.224 e. The SMILES string of the molecule is N=Cc1ccc(CC(=O)NC2CCNCC2)c2ccccc12. The molecule has 0 atom stereocenters. The Morgan fingerprint density at radius 2 is 1.91 bits per heavy atom. The van der Waals surface area contributed by atoms with Crippen molar-refractivity contribution in [2.75, 3.05) is 13.1 Å². The van der Waals surface area contributed by atoms with E-state index in [0.717, 1.165) is 47.8 Å². The summed E-state index contributed by atoms with van der Waals surface area (Å²) >= 11 is 0. The van der Waals surface area contributed by atoms with Crippen molar-refractivity contribution in [1.82, 2.24) is 10.6 Å². The lowest BCUT2D eigenvalue weighted by Gasteiger charge is -2.23. The van der Waals surface area contributed by atoms with Gasteiger partial charge in [0.05, 0.1) is 6.42 Å².